The number of nitrogens with zero attached hydrogens (tertiary/aromatic N) is 2. The molecule has 3 aromatic rings. The van der Waals surface area contributed by atoms with Crippen LogP contribution in [0.15, 0.2) is 66.7 Å². The zero-order chi connectivity index (χ0) is 19.2. The minimum atomic E-state index is -0.159. The van der Waals surface area contributed by atoms with Crippen molar-refractivity contribution in [3.8, 4) is 5.69 Å². The van der Waals surface area contributed by atoms with Crippen molar-refractivity contribution in [2.45, 2.75) is 26.8 Å². The summed E-state index contributed by atoms with van der Waals surface area (Å²) in [4.78, 5) is 12.6. The second-order valence-electron chi connectivity index (χ2n) is 6.99. The first-order chi connectivity index (χ1) is 13.0. The fourth-order valence-electron chi connectivity index (χ4n) is 2.91. The summed E-state index contributed by atoms with van der Waals surface area (Å²) in [5.74, 6) is 0.211. The van der Waals surface area contributed by atoms with E-state index in [2.05, 4.69) is 29.6 Å². The molecule has 0 aliphatic carbocycles. The Kier molecular flexibility index (Phi) is 5.91. The Labute approximate surface area is 160 Å². The van der Waals surface area contributed by atoms with Crippen LogP contribution in [0, 0.1) is 12.8 Å². The number of rotatable bonds is 7. The van der Waals surface area contributed by atoms with Crippen LogP contribution in [0.3, 0.4) is 0 Å². The maximum atomic E-state index is 12.6. The van der Waals surface area contributed by atoms with Crippen LogP contribution in [-0.2, 0) is 0 Å². The van der Waals surface area contributed by atoms with Crippen LogP contribution in [0.25, 0.3) is 5.69 Å². The first-order valence-electron chi connectivity index (χ1n) is 9.26. The van der Waals surface area contributed by atoms with Gasteiger partial charge in [0, 0.05) is 24.0 Å². The molecule has 27 heavy (non-hydrogen) atoms. The lowest BCUT2D eigenvalue weighted by Gasteiger charge is -2.23. The van der Waals surface area contributed by atoms with Gasteiger partial charge < -0.3 is 10.6 Å². The van der Waals surface area contributed by atoms with E-state index in [0.29, 0.717) is 18.2 Å². The lowest BCUT2D eigenvalue weighted by Crippen LogP contribution is -2.39. The van der Waals surface area contributed by atoms with E-state index in [4.69, 9.17) is 0 Å². The maximum Gasteiger partial charge on any atom is 0.271 e. The Morgan fingerprint density at radius 1 is 1.04 bits per heavy atom. The fourth-order valence-corrected chi connectivity index (χ4v) is 2.91. The predicted molar refractivity (Wildman–Crippen MR) is 109 cm³/mol. The second kappa shape index (κ2) is 8.54. The number of aromatic nitrogens is 2. The fraction of sp³-hybridized carbons (Fsp3) is 0.273. The minimum Gasteiger partial charge on any atom is -0.380 e. The third kappa shape index (κ3) is 4.76. The summed E-state index contributed by atoms with van der Waals surface area (Å²) in [6, 6.07) is 21.8. The number of nitrogens with one attached hydrogen (secondary N) is 2. The van der Waals surface area contributed by atoms with Crippen molar-refractivity contribution >= 4 is 11.6 Å². The van der Waals surface area contributed by atoms with Gasteiger partial charge in [0.1, 0.15) is 0 Å². The molecule has 0 aliphatic rings. The van der Waals surface area contributed by atoms with E-state index >= 15 is 0 Å². The molecule has 5 nitrogen and oxygen atoms in total. The number of benzene rings is 2. The molecule has 1 heterocycles. The van der Waals surface area contributed by atoms with Crippen LogP contribution < -0.4 is 10.6 Å². The van der Waals surface area contributed by atoms with Crippen molar-refractivity contribution in [2.75, 3.05) is 11.9 Å². The van der Waals surface area contributed by atoms with Gasteiger partial charge in [0.15, 0.2) is 5.69 Å². The van der Waals surface area contributed by atoms with Crippen LogP contribution in [0.2, 0.25) is 0 Å². The lowest BCUT2D eigenvalue weighted by molar-refractivity contribution is 0.0945. The van der Waals surface area contributed by atoms with E-state index < -0.39 is 0 Å². The summed E-state index contributed by atoms with van der Waals surface area (Å²) in [6.45, 7) is 6.76. The molecule has 0 saturated heterocycles. The van der Waals surface area contributed by atoms with Crippen LogP contribution in [-0.4, -0.2) is 28.3 Å². The molecule has 1 atom stereocenters. The largest absolute Gasteiger partial charge is 0.380 e. The highest BCUT2D eigenvalue weighted by Crippen LogP contribution is 2.13. The molecule has 0 fully saturated rings. The van der Waals surface area contributed by atoms with Crippen molar-refractivity contribution < 1.29 is 4.79 Å². The van der Waals surface area contributed by atoms with Crippen LogP contribution in [0.5, 0.6) is 0 Å². The molecule has 0 radical (unpaired) electrons. The summed E-state index contributed by atoms with van der Waals surface area (Å²) in [5, 5.41) is 11.0. The van der Waals surface area contributed by atoms with Crippen LogP contribution >= 0.6 is 0 Å². The van der Waals surface area contributed by atoms with Gasteiger partial charge in [-0.2, -0.15) is 5.10 Å². The second-order valence-corrected chi connectivity index (χ2v) is 6.99. The van der Waals surface area contributed by atoms with E-state index in [1.165, 1.54) is 0 Å². The van der Waals surface area contributed by atoms with E-state index in [1.54, 1.807) is 4.68 Å². The van der Waals surface area contributed by atoms with Gasteiger partial charge in [-0.25, -0.2) is 4.68 Å². The van der Waals surface area contributed by atoms with Crippen molar-refractivity contribution in [1.82, 2.24) is 15.1 Å². The molecule has 1 aromatic heterocycles. The topological polar surface area (TPSA) is 59.0 Å². The third-order valence-electron chi connectivity index (χ3n) is 4.53. The van der Waals surface area contributed by atoms with Crippen molar-refractivity contribution in [3.05, 3.63) is 78.1 Å². The standard InChI is InChI=1S/C22H26N4O/c1-16(2)21(24-18-10-6-4-7-11-18)15-23-22(27)20-14-17(3)26(25-20)19-12-8-5-9-13-19/h4-14,16,21,24H,15H2,1-3H3,(H,23,27). The van der Waals surface area contributed by atoms with E-state index in [0.717, 1.165) is 17.1 Å². The van der Waals surface area contributed by atoms with E-state index in [1.807, 2.05) is 73.7 Å². The Hall–Kier alpha value is -3.08. The van der Waals surface area contributed by atoms with E-state index in [9.17, 15) is 4.79 Å². The molecule has 0 spiro atoms. The number of hydrogen-bond donors (Lipinski definition) is 2. The summed E-state index contributed by atoms with van der Waals surface area (Å²) in [5.41, 5.74) is 3.35. The molecular weight excluding hydrogens is 336 g/mol. The summed E-state index contributed by atoms with van der Waals surface area (Å²) in [6.07, 6.45) is 0. The molecule has 2 N–H and O–H groups in total. The normalized spacial score (nSPS) is 12.0. The summed E-state index contributed by atoms with van der Waals surface area (Å²) < 4.78 is 1.79. The molecular formula is C22H26N4O. The zero-order valence-corrected chi connectivity index (χ0v) is 16.0. The summed E-state index contributed by atoms with van der Waals surface area (Å²) in [7, 11) is 0. The quantitative estimate of drug-likeness (QED) is 0.667. The first-order valence-corrected chi connectivity index (χ1v) is 9.26. The molecule has 2 aromatic carbocycles. The van der Waals surface area contributed by atoms with Gasteiger partial charge in [-0.05, 0) is 43.2 Å². The molecule has 1 unspecified atom stereocenters. The van der Waals surface area contributed by atoms with Gasteiger partial charge in [-0.3, -0.25) is 4.79 Å². The number of anilines is 1. The molecule has 3 rings (SSSR count). The number of para-hydroxylation sites is 2. The number of aryl methyl sites for hydroxylation is 1. The summed E-state index contributed by atoms with van der Waals surface area (Å²) >= 11 is 0. The number of carbonyl (C=O) groups excluding carboxylic acids is 1. The lowest BCUT2D eigenvalue weighted by atomic mass is 10.0. The zero-order valence-electron chi connectivity index (χ0n) is 16.0. The van der Waals surface area contributed by atoms with Gasteiger partial charge in [0.05, 0.1) is 5.69 Å². The molecule has 0 bridgehead atoms. The first kappa shape index (κ1) is 18.7. The predicted octanol–water partition coefficient (Wildman–Crippen LogP) is 4.05. The van der Waals surface area contributed by atoms with Crippen LogP contribution in [0.4, 0.5) is 5.69 Å². The molecule has 0 saturated carbocycles. The Morgan fingerprint density at radius 2 is 1.67 bits per heavy atom. The number of amides is 1. The molecule has 0 aliphatic heterocycles. The Balaban J connectivity index is 1.66. The highest BCUT2D eigenvalue weighted by Gasteiger charge is 2.17. The van der Waals surface area contributed by atoms with Gasteiger partial charge in [0.25, 0.3) is 5.91 Å². The highest BCUT2D eigenvalue weighted by atomic mass is 16.1. The Morgan fingerprint density at radius 3 is 2.30 bits per heavy atom. The highest BCUT2D eigenvalue weighted by molar-refractivity contribution is 5.92. The third-order valence-corrected chi connectivity index (χ3v) is 4.53. The molecule has 5 heteroatoms. The smallest absolute Gasteiger partial charge is 0.271 e. The van der Waals surface area contributed by atoms with Crippen LogP contribution in [0.1, 0.15) is 30.0 Å². The molecule has 140 valence electrons. The average molecular weight is 362 g/mol. The van der Waals surface area contributed by atoms with Crippen molar-refractivity contribution in [3.63, 3.8) is 0 Å². The van der Waals surface area contributed by atoms with Gasteiger partial charge in [-0.1, -0.05) is 50.2 Å². The maximum absolute atomic E-state index is 12.6. The number of carbonyl (C=O) groups is 1. The number of hydrogen-bond acceptors (Lipinski definition) is 3. The molecule has 1 amide bonds. The SMILES string of the molecule is Cc1cc(C(=O)NCC(Nc2ccccc2)C(C)C)nn1-c1ccccc1. The van der Waals surface area contributed by atoms with Crippen molar-refractivity contribution in [2.24, 2.45) is 5.92 Å². The van der Waals surface area contributed by atoms with Gasteiger partial charge >= 0.3 is 0 Å². The van der Waals surface area contributed by atoms with Crippen molar-refractivity contribution in [1.29, 1.82) is 0 Å². The minimum absolute atomic E-state index is 0.133. The monoisotopic (exact) mass is 362 g/mol. The van der Waals surface area contributed by atoms with Gasteiger partial charge in [-0.15, -0.1) is 0 Å². The van der Waals surface area contributed by atoms with Gasteiger partial charge in [0.2, 0.25) is 0 Å². The average Bonchev–Trinajstić information content (AvgIpc) is 3.08. The Bertz CT molecular complexity index is 872. The van der Waals surface area contributed by atoms with E-state index in [-0.39, 0.29) is 11.9 Å².